The predicted octanol–water partition coefficient (Wildman–Crippen LogP) is 3.04. The number of aliphatic hydroxyl groups is 1. The molecule has 1 aromatic carbocycles. The normalized spacial score (nSPS) is 18.6. The van der Waals surface area contributed by atoms with E-state index in [1.807, 2.05) is 29.2 Å². The molecule has 1 unspecified atom stereocenters. The minimum absolute atomic E-state index is 0.183. The lowest BCUT2D eigenvalue weighted by atomic mass is 9.98. The zero-order valence-electron chi connectivity index (χ0n) is 10.9. The van der Waals surface area contributed by atoms with Gasteiger partial charge in [-0.25, -0.2) is 0 Å². The molecule has 0 aromatic heterocycles. The second kappa shape index (κ2) is 6.01. The highest BCUT2D eigenvalue weighted by molar-refractivity contribution is 5.94. The smallest absolute Gasteiger partial charge is 0.226 e. The number of unbranched alkanes of at least 4 members (excludes halogenated alkanes) is 2. The topological polar surface area (TPSA) is 40.5 Å². The molecule has 1 amide bonds. The average Bonchev–Trinajstić information content (AvgIpc) is 2.39. The first-order valence-corrected chi connectivity index (χ1v) is 6.81. The number of benzene rings is 1. The molecule has 98 valence electrons. The maximum atomic E-state index is 12.2. The van der Waals surface area contributed by atoms with Crippen molar-refractivity contribution in [3.8, 4) is 0 Å². The highest BCUT2D eigenvalue weighted by Gasteiger charge is 2.26. The molecule has 0 saturated heterocycles. The Balaban J connectivity index is 2.11. The maximum Gasteiger partial charge on any atom is 0.226 e. The molecule has 1 aliphatic rings. The average molecular weight is 247 g/mol. The molecule has 0 aliphatic carbocycles. The van der Waals surface area contributed by atoms with Gasteiger partial charge in [0.15, 0.2) is 0 Å². The molecule has 1 aromatic rings. The van der Waals surface area contributed by atoms with Crippen LogP contribution in [0, 0.1) is 0 Å². The SMILES string of the molecule is CCCCCC(=O)N1CCC(O)c2ccccc21. The van der Waals surface area contributed by atoms with Gasteiger partial charge in [0.1, 0.15) is 0 Å². The zero-order chi connectivity index (χ0) is 13.0. The highest BCUT2D eigenvalue weighted by Crippen LogP contribution is 2.33. The van der Waals surface area contributed by atoms with Crippen LogP contribution in [-0.2, 0) is 4.79 Å². The molecule has 18 heavy (non-hydrogen) atoms. The van der Waals surface area contributed by atoms with E-state index in [2.05, 4.69) is 6.92 Å². The monoisotopic (exact) mass is 247 g/mol. The van der Waals surface area contributed by atoms with Gasteiger partial charge in [-0.05, 0) is 18.9 Å². The van der Waals surface area contributed by atoms with E-state index in [0.717, 1.165) is 30.5 Å². The summed E-state index contributed by atoms with van der Waals surface area (Å²) in [5.41, 5.74) is 1.77. The summed E-state index contributed by atoms with van der Waals surface area (Å²) in [5.74, 6) is 0.183. The van der Waals surface area contributed by atoms with Crippen molar-refractivity contribution < 1.29 is 9.90 Å². The summed E-state index contributed by atoms with van der Waals surface area (Å²) < 4.78 is 0. The van der Waals surface area contributed by atoms with Crippen LogP contribution < -0.4 is 4.90 Å². The van der Waals surface area contributed by atoms with Gasteiger partial charge >= 0.3 is 0 Å². The summed E-state index contributed by atoms with van der Waals surface area (Å²) in [7, 11) is 0. The third-order valence-electron chi connectivity index (χ3n) is 3.51. The van der Waals surface area contributed by atoms with E-state index in [0.29, 0.717) is 19.4 Å². The molecular formula is C15H21NO2. The summed E-state index contributed by atoms with van der Waals surface area (Å²) in [4.78, 5) is 14.0. The Kier molecular flexibility index (Phi) is 4.37. The number of nitrogens with zero attached hydrogens (tertiary/aromatic N) is 1. The van der Waals surface area contributed by atoms with Crippen LogP contribution in [0.4, 0.5) is 5.69 Å². The molecule has 0 fully saturated rings. The van der Waals surface area contributed by atoms with E-state index in [1.165, 1.54) is 0 Å². The third-order valence-corrected chi connectivity index (χ3v) is 3.51. The van der Waals surface area contributed by atoms with Gasteiger partial charge in [-0.15, -0.1) is 0 Å². The molecule has 0 radical (unpaired) electrons. The number of para-hydroxylation sites is 1. The first kappa shape index (κ1) is 13.1. The Morgan fingerprint density at radius 3 is 2.94 bits per heavy atom. The standard InChI is InChI=1S/C15H21NO2/c1-2-3-4-9-15(18)16-11-10-14(17)12-7-5-6-8-13(12)16/h5-8,14,17H,2-4,9-11H2,1H3. The Labute approximate surface area is 108 Å². The van der Waals surface area contributed by atoms with Crippen LogP contribution in [0.3, 0.4) is 0 Å². The molecule has 0 spiro atoms. The number of amides is 1. The highest BCUT2D eigenvalue weighted by atomic mass is 16.3. The number of hydrogen-bond acceptors (Lipinski definition) is 2. The quantitative estimate of drug-likeness (QED) is 0.831. The van der Waals surface area contributed by atoms with Gasteiger partial charge in [0.2, 0.25) is 5.91 Å². The number of carbonyl (C=O) groups is 1. The van der Waals surface area contributed by atoms with E-state index >= 15 is 0 Å². The van der Waals surface area contributed by atoms with Crippen molar-refractivity contribution in [2.75, 3.05) is 11.4 Å². The van der Waals surface area contributed by atoms with E-state index in [4.69, 9.17) is 0 Å². The van der Waals surface area contributed by atoms with E-state index in [1.54, 1.807) is 0 Å². The van der Waals surface area contributed by atoms with Crippen LogP contribution in [0.25, 0.3) is 0 Å². The predicted molar refractivity (Wildman–Crippen MR) is 72.5 cm³/mol. The van der Waals surface area contributed by atoms with Crippen molar-refractivity contribution in [3.05, 3.63) is 29.8 Å². The summed E-state index contributed by atoms with van der Waals surface area (Å²) in [5, 5.41) is 9.94. The summed E-state index contributed by atoms with van der Waals surface area (Å²) in [6.07, 6.45) is 4.00. The van der Waals surface area contributed by atoms with Gasteiger partial charge in [-0.1, -0.05) is 38.0 Å². The van der Waals surface area contributed by atoms with E-state index < -0.39 is 6.10 Å². The lowest BCUT2D eigenvalue weighted by Crippen LogP contribution is -2.36. The van der Waals surface area contributed by atoms with Gasteiger partial charge in [-0.3, -0.25) is 4.79 Å². The van der Waals surface area contributed by atoms with Crippen molar-refractivity contribution >= 4 is 11.6 Å². The van der Waals surface area contributed by atoms with Gasteiger partial charge in [-0.2, -0.15) is 0 Å². The molecule has 1 atom stereocenters. The molecule has 3 nitrogen and oxygen atoms in total. The fourth-order valence-corrected chi connectivity index (χ4v) is 2.46. The number of hydrogen-bond donors (Lipinski definition) is 1. The Hall–Kier alpha value is -1.35. The lowest BCUT2D eigenvalue weighted by Gasteiger charge is -2.32. The van der Waals surface area contributed by atoms with Crippen LogP contribution in [0.15, 0.2) is 24.3 Å². The van der Waals surface area contributed by atoms with Gasteiger partial charge < -0.3 is 10.0 Å². The zero-order valence-corrected chi connectivity index (χ0v) is 10.9. The maximum absolute atomic E-state index is 12.2. The first-order valence-electron chi connectivity index (χ1n) is 6.81. The fraction of sp³-hybridized carbons (Fsp3) is 0.533. The Bertz CT molecular complexity index is 417. The van der Waals surface area contributed by atoms with Crippen molar-refractivity contribution in [2.24, 2.45) is 0 Å². The lowest BCUT2D eigenvalue weighted by molar-refractivity contribution is -0.118. The minimum Gasteiger partial charge on any atom is -0.388 e. The number of aliphatic hydroxyl groups excluding tert-OH is 1. The third kappa shape index (κ3) is 2.72. The molecule has 3 heteroatoms. The number of carbonyl (C=O) groups excluding carboxylic acids is 1. The number of rotatable bonds is 4. The minimum atomic E-state index is -0.430. The molecule has 2 rings (SSSR count). The van der Waals surface area contributed by atoms with Crippen LogP contribution in [0.5, 0.6) is 0 Å². The molecular weight excluding hydrogens is 226 g/mol. The first-order chi connectivity index (χ1) is 8.74. The second-order valence-corrected chi connectivity index (χ2v) is 4.87. The molecule has 0 saturated carbocycles. The summed E-state index contributed by atoms with van der Waals surface area (Å²) in [6, 6.07) is 7.66. The molecule has 1 N–H and O–H groups in total. The van der Waals surface area contributed by atoms with Crippen molar-refractivity contribution in [1.82, 2.24) is 0 Å². The van der Waals surface area contributed by atoms with Crippen LogP contribution in [-0.4, -0.2) is 17.6 Å². The fourth-order valence-electron chi connectivity index (χ4n) is 2.46. The van der Waals surface area contributed by atoms with Crippen LogP contribution in [0.2, 0.25) is 0 Å². The second-order valence-electron chi connectivity index (χ2n) is 4.87. The van der Waals surface area contributed by atoms with Gasteiger partial charge in [0.25, 0.3) is 0 Å². The van der Waals surface area contributed by atoms with E-state index in [9.17, 15) is 9.90 Å². The number of anilines is 1. The Morgan fingerprint density at radius 2 is 2.17 bits per heavy atom. The van der Waals surface area contributed by atoms with Crippen molar-refractivity contribution in [3.63, 3.8) is 0 Å². The summed E-state index contributed by atoms with van der Waals surface area (Å²) in [6.45, 7) is 2.76. The van der Waals surface area contributed by atoms with Gasteiger partial charge in [0, 0.05) is 24.2 Å². The largest absolute Gasteiger partial charge is 0.388 e. The molecule has 1 heterocycles. The van der Waals surface area contributed by atoms with Crippen molar-refractivity contribution in [1.29, 1.82) is 0 Å². The Morgan fingerprint density at radius 1 is 1.39 bits per heavy atom. The molecule has 1 aliphatic heterocycles. The van der Waals surface area contributed by atoms with Crippen molar-refractivity contribution in [2.45, 2.75) is 45.1 Å². The van der Waals surface area contributed by atoms with Gasteiger partial charge in [0.05, 0.1) is 6.10 Å². The molecule has 0 bridgehead atoms. The summed E-state index contributed by atoms with van der Waals surface area (Å²) >= 11 is 0. The van der Waals surface area contributed by atoms with E-state index in [-0.39, 0.29) is 5.91 Å². The van der Waals surface area contributed by atoms with Crippen LogP contribution >= 0.6 is 0 Å². The number of fused-ring (bicyclic) bond motifs is 1. The van der Waals surface area contributed by atoms with Crippen LogP contribution in [0.1, 0.15) is 50.7 Å².